The van der Waals surface area contributed by atoms with E-state index in [4.69, 9.17) is 23.2 Å². The summed E-state index contributed by atoms with van der Waals surface area (Å²) in [5, 5.41) is 0.201. The molecule has 4 nitrogen and oxygen atoms in total. The van der Waals surface area contributed by atoms with Crippen molar-refractivity contribution in [2.24, 2.45) is 0 Å². The van der Waals surface area contributed by atoms with Crippen LogP contribution in [0.4, 0.5) is 0 Å². The van der Waals surface area contributed by atoms with Gasteiger partial charge >= 0.3 is 0 Å². The monoisotopic (exact) mass is 292 g/mol. The normalized spacial score (nSPS) is 13.2. The van der Waals surface area contributed by atoms with E-state index >= 15 is 0 Å². The molecule has 0 bridgehead atoms. The van der Waals surface area contributed by atoms with Crippen LogP contribution in [0.2, 0.25) is 10.2 Å². The minimum absolute atomic E-state index is 0.0198. The molecule has 2 heterocycles. The molecule has 0 N–H and O–H groups in total. The maximum absolute atomic E-state index is 12.4. The standard InChI is InChI=1S/C13H6Cl2N2O2/c1-5-7-10(17-13(15)8(5)14)11(18)6-3-2-4-16-9(6)12(7)19/h2-4H,1H3. The third-order valence-electron chi connectivity index (χ3n) is 3.04. The second-order valence-corrected chi connectivity index (χ2v) is 4.86. The SMILES string of the molecule is Cc1c(Cl)c(Cl)nc2c1C(=O)c1ncccc1C2=O. The highest BCUT2D eigenvalue weighted by Crippen LogP contribution is 2.33. The van der Waals surface area contributed by atoms with Gasteiger partial charge in [-0.25, -0.2) is 4.98 Å². The minimum Gasteiger partial charge on any atom is -0.287 e. The van der Waals surface area contributed by atoms with Crippen LogP contribution in [0.25, 0.3) is 0 Å². The molecule has 6 heteroatoms. The third kappa shape index (κ3) is 1.60. The Kier molecular flexibility index (Phi) is 2.66. The van der Waals surface area contributed by atoms with Gasteiger partial charge in [0, 0.05) is 6.20 Å². The first-order valence-corrected chi connectivity index (χ1v) is 6.18. The summed E-state index contributed by atoms with van der Waals surface area (Å²) in [5.41, 5.74) is 1.04. The van der Waals surface area contributed by atoms with Crippen molar-refractivity contribution in [2.75, 3.05) is 0 Å². The lowest BCUT2D eigenvalue weighted by Gasteiger charge is -2.18. The highest BCUT2D eigenvalue weighted by Gasteiger charge is 2.34. The minimum atomic E-state index is -0.362. The van der Waals surface area contributed by atoms with E-state index in [-0.39, 0.29) is 44.3 Å². The molecule has 1 aliphatic rings. The van der Waals surface area contributed by atoms with Gasteiger partial charge in [0.1, 0.15) is 16.5 Å². The van der Waals surface area contributed by atoms with Crippen molar-refractivity contribution in [2.45, 2.75) is 6.92 Å². The van der Waals surface area contributed by atoms with E-state index in [9.17, 15) is 9.59 Å². The number of pyridine rings is 2. The van der Waals surface area contributed by atoms with Crippen LogP contribution in [-0.4, -0.2) is 21.5 Å². The predicted octanol–water partition coefficient (Wildman–Crippen LogP) is 2.87. The number of nitrogens with zero attached hydrogens (tertiary/aromatic N) is 2. The van der Waals surface area contributed by atoms with Crippen LogP contribution in [0.1, 0.15) is 37.7 Å². The maximum Gasteiger partial charge on any atom is 0.214 e. The molecule has 0 saturated carbocycles. The average molecular weight is 293 g/mol. The summed E-state index contributed by atoms with van der Waals surface area (Å²) in [4.78, 5) is 32.6. The first-order valence-electron chi connectivity index (χ1n) is 5.42. The Morgan fingerprint density at radius 1 is 1.11 bits per heavy atom. The number of aromatic nitrogens is 2. The van der Waals surface area contributed by atoms with E-state index in [1.807, 2.05) is 0 Å². The van der Waals surface area contributed by atoms with E-state index < -0.39 is 0 Å². The molecular weight excluding hydrogens is 287 g/mol. The summed E-state index contributed by atoms with van der Waals surface area (Å²) in [5.74, 6) is -0.715. The molecular formula is C13H6Cl2N2O2. The molecule has 3 rings (SSSR count). The highest BCUT2D eigenvalue weighted by atomic mass is 35.5. The van der Waals surface area contributed by atoms with Crippen molar-refractivity contribution in [3.63, 3.8) is 0 Å². The molecule has 0 amide bonds. The molecule has 0 saturated heterocycles. The molecule has 0 aliphatic heterocycles. The predicted molar refractivity (Wildman–Crippen MR) is 70.1 cm³/mol. The summed E-state index contributed by atoms with van der Waals surface area (Å²) in [6, 6.07) is 3.14. The number of rotatable bonds is 0. The Hall–Kier alpha value is -1.78. The Labute approximate surface area is 118 Å². The Morgan fingerprint density at radius 2 is 1.84 bits per heavy atom. The van der Waals surface area contributed by atoms with E-state index in [1.54, 1.807) is 19.1 Å². The number of hydrogen-bond donors (Lipinski definition) is 0. The van der Waals surface area contributed by atoms with E-state index in [0.717, 1.165) is 0 Å². The lowest BCUT2D eigenvalue weighted by atomic mass is 9.88. The molecule has 0 atom stereocenters. The molecule has 19 heavy (non-hydrogen) atoms. The van der Waals surface area contributed by atoms with E-state index in [2.05, 4.69) is 9.97 Å². The van der Waals surface area contributed by atoms with Gasteiger partial charge in [0.25, 0.3) is 0 Å². The number of halogens is 2. The van der Waals surface area contributed by atoms with Crippen molar-refractivity contribution >= 4 is 34.8 Å². The fourth-order valence-corrected chi connectivity index (χ4v) is 2.47. The number of fused-ring (bicyclic) bond motifs is 2. The molecule has 94 valence electrons. The van der Waals surface area contributed by atoms with E-state index in [0.29, 0.717) is 5.56 Å². The molecule has 2 aromatic rings. The van der Waals surface area contributed by atoms with Gasteiger partial charge < -0.3 is 0 Å². The topological polar surface area (TPSA) is 59.9 Å². The number of carbonyl (C=O) groups is 2. The Balaban J connectivity index is 2.40. The summed E-state index contributed by atoms with van der Waals surface area (Å²) in [6.45, 7) is 1.63. The largest absolute Gasteiger partial charge is 0.287 e. The van der Waals surface area contributed by atoms with Crippen molar-refractivity contribution < 1.29 is 9.59 Å². The molecule has 0 aromatic carbocycles. The maximum atomic E-state index is 12.4. The van der Waals surface area contributed by atoms with Crippen LogP contribution in [0.3, 0.4) is 0 Å². The lowest BCUT2D eigenvalue weighted by Crippen LogP contribution is -2.25. The highest BCUT2D eigenvalue weighted by molar-refractivity contribution is 6.43. The zero-order chi connectivity index (χ0) is 13.7. The number of ketones is 2. The molecule has 0 fully saturated rings. The number of carbonyl (C=O) groups excluding carboxylic acids is 2. The van der Waals surface area contributed by atoms with Gasteiger partial charge in [-0.1, -0.05) is 23.2 Å². The van der Waals surface area contributed by atoms with Crippen LogP contribution in [0.15, 0.2) is 18.3 Å². The van der Waals surface area contributed by atoms with Crippen LogP contribution in [-0.2, 0) is 0 Å². The molecule has 0 radical (unpaired) electrons. The van der Waals surface area contributed by atoms with Crippen LogP contribution in [0, 0.1) is 6.92 Å². The van der Waals surface area contributed by atoms with Crippen LogP contribution < -0.4 is 0 Å². The summed E-state index contributed by atoms with van der Waals surface area (Å²) < 4.78 is 0. The van der Waals surface area contributed by atoms with Crippen LogP contribution >= 0.6 is 23.2 Å². The van der Waals surface area contributed by atoms with Gasteiger partial charge in [-0.05, 0) is 24.6 Å². The van der Waals surface area contributed by atoms with Crippen molar-refractivity contribution in [1.29, 1.82) is 0 Å². The molecule has 2 aromatic heterocycles. The summed E-state index contributed by atoms with van der Waals surface area (Å²) in [6.07, 6.45) is 1.47. The smallest absolute Gasteiger partial charge is 0.214 e. The fourth-order valence-electron chi connectivity index (χ4n) is 2.10. The first-order chi connectivity index (χ1) is 9.02. The fraction of sp³-hybridized carbons (Fsp3) is 0.0769. The van der Waals surface area contributed by atoms with Gasteiger partial charge in [-0.2, -0.15) is 0 Å². The van der Waals surface area contributed by atoms with E-state index in [1.165, 1.54) is 6.20 Å². The second kappa shape index (κ2) is 4.11. The summed E-state index contributed by atoms with van der Waals surface area (Å²) >= 11 is 11.8. The zero-order valence-electron chi connectivity index (χ0n) is 9.70. The Bertz CT molecular complexity index is 757. The zero-order valence-corrected chi connectivity index (χ0v) is 11.2. The molecule has 1 aliphatic carbocycles. The quantitative estimate of drug-likeness (QED) is 0.598. The second-order valence-electron chi connectivity index (χ2n) is 4.12. The van der Waals surface area contributed by atoms with Crippen molar-refractivity contribution in [1.82, 2.24) is 9.97 Å². The number of hydrogen-bond acceptors (Lipinski definition) is 4. The van der Waals surface area contributed by atoms with Gasteiger partial charge in [0.05, 0.1) is 16.1 Å². The molecule has 0 spiro atoms. The van der Waals surface area contributed by atoms with Gasteiger partial charge in [0.2, 0.25) is 11.6 Å². The Morgan fingerprint density at radius 3 is 2.58 bits per heavy atom. The van der Waals surface area contributed by atoms with Gasteiger partial charge in [0.15, 0.2) is 0 Å². The third-order valence-corrected chi connectivity index (χ3v) is 3.87. The van der Waals surface area contributed by atoms with Crippen molar-refractivity contribution in [3.05, 3.63) is 56.6 Å². The van der Waals surface area contributed by atoms with Crippen molar-refractivity contribution in [3.8, 4) is 0 Å². The van der Waals surface area contributed by atoms with Gasteiger partial charge in [-0.15, -0.1) is 0 Å². The summed E-state index contributed by atoms with van der Waals surface area (Å²) in [7, 11) is 0. The average Bonchev–Trinajstić information content (AvgIpc) is 2.42. The lowest BCUT2D eigenvalue weighted by molar-refractivity contribution is 0.0971. The van der Waals surface area contributed by atoms with Crippen LogP contribution in [0.5, 0.6) is 0 Å². The first kappa shape index (κ1) is 12.3. The van der Waals surface area contributed by atoms with Gasteiger partial charge in [-0.3, -0.25) is 14.6 Å². The molecule has 0 unspecified atom stereocenters.